The fourth-order valence-electron chi connectivity index (χ4n) is 3.02. The van der Waals surface area contributed by atoms with E-state index >= 15 is 0 Å². The molecule has 4 rings (SSSR count). The number of hydrogen-bond donors (Lipinski definition) is 1. The Morgan fingerprint density at radius 1 is 0.800 bits per heavy atom. The van der Waals surface area contributed by atoms with Crippen LogP contribution in [-0.2, 0) is 0 Å². The summed E-state index contributed by atoms with van der Waals surface area (Å²) in [5.41, 5.74) is 9.24. The molecule has 0 amide bonds. The van der Waals surface area contributed by atoms with E-state index in [9.17, 15) is 4.39 Å². The summed E-state index contributed by atoms with van der Waals surface area (Å²) >= 11 is 0. The highest BCUT2D eigenvalue weighted by atomic mass is 19.1. The largest absolute Gasteiger partial charge is 0.245 e. The maximum atomic E-state index is 13.4. The number of hydrazone groups is 1. The van der Waals surface area contributed by atoms with Crippen molar-refractivity contribution in [2.24, 2.45) is 5.10 Å². The first kappa shape index (κ1) is 19.5. The van der Waals surface area contributed by atoms with Crippen LogP contribution in [-0.4, -0.2) is 15.7 Å². The highest BCUT2D eigenvalue weighted by Gasteiger charge is 2.09. The zero-order valence-electron chi connectivity index (χ0n) is 16.8. The minimum Gasteiger partial charge on any atom is -0.245 e. The zero-order chi connectivity index (χ0) is 20.9. The molecule has 0 bridgehead atoms. The van der Waals surface area contributed by atoms with Crippen LogP contribution in [0.15, 0.2) is 90.0 Å². The molecule has 0 fully saturated rings. The highest BCUT2D eigenvalue weighted by Crippen LogP contribution is 2.25. The van der Waals surface area contributed by atoms with Crippen LogP contribution in [0.1, 0.15) is 18.1 Å². The number of benzene rings is 3. The minimum atomic E-state index is -0.284. The lowest BCUT2D eigenvalue weighted by Crippen LogP contribution is -2.04. The molecular formula is C25H21FN4. The van der Waals surface area contributed by atoms with Crippen LogP contribution in [0.5, 0.6) is 0 Å². The standard InChI is InChI=1S/C25H21FN4/c1-17-8-10-19(11-9-17)18(2)29-30-25-27-23(20-6-4-3-5-7-20)16-24(28-25)21-12-14-22(26)15-13-21/h3-16H,1-2H3,(H,27,28,30). The van der Waals surface area contributed by atoms with Crippen LogP contribution in [0.25, 0.3) is 22.5 Å². The highest BCUT2D eigenvalue weighted by molar-refractivity contribution is 5.99. The molecule has 0 unspecified atom stereocenters. The van der Waals surface area contributed by atoms with Gasteiger partial charge in [0.15, 0.2) is 0 Å². The number of hydrogen-bond acceptors (Lipinski definition) is 4. The van der Waals surface area contributed by atoms with Gasteiger partial charge in [0, 0.05) is 11.1 Å². The van der Waals surface area contributed by atoms with Crippen molar-refractivity contribution >= 4 is 11.7 Å². The van der Waals surface area contributed by atoms with Gasteiger partial charge in [-0.05, 0) is 49.7 Å². The Hall–Kier alpha value is -3.86. The Morgan fingerprint density at radius 3 is 2.03 bits per heavy atom. The lowest BCUT2D eigenvalue weighted by Gasteiger charge is -2.09. The Kier molecular flexibility index (Phi) is 5.61. The summed E-state index contributed by atoms with van der Waals surface area (Å²) in [6.45, 7) is 3.98. The first-order valence-electron chi connectivity index (χ1n) is 9.66. The van der Waals surface area contributed by atoms with Crippen molar-refractivity contribution in [2.75, 3.05) is 5.43 Å². The molecule has 1 heterocycles. The molecule has 0 aliphatic carbocycles. The van der Waals surface area contributed by atoms with Gasteiger partial charge in [0.05, 0.1) is 17.1 Å². The lowest BCUT2D eigenvalue weighted by atomic mass is 10.1. The molecule has 0 saturated carbocycles. The minimum absolute atomic E-state index is 0.284. The van der Waals surface area contributed by atoms with Gasteiger partial charge in [-0.1, -0.05) is 60.2 Å². The molecule has 0 radical (unpaired) electrons. The zero-order valence-corrected chi connectivity index (χ0v) is 16.8. The number of aryl methyl sites for hydroxylation is 1. The van der Waals surface area contributed by atoms with Gasteiger partial charge in [0.25, 0.3) is 0 Å². The van der Waals surface area contributed by atoms with Crippen LogP contribution in [0.3, 0.4) is 0 Å². The monoisotopic (exact) mass is 396 g/mol. The van der Waals surface area contributed by atoms with Gasteiger partial charge >= 0.3 is 0 Å². The second kappa shape index (κ2) is 8.66. The summed E-state index contributed by atoms with van der Waals surface area (Å²) in [6, 6.07) is 26.2. The van der Waals surface area contributed by atoms with Gasteiger partial charge in [-0.25, -0.2) is 19.8 Å². The molecule has 1 N–H and O–H groups in total. The molecule has 0 spiro atoms. The smallest absolute Gasteiger partial charge is 0.244 e. The lowest BCUT2D eigenvalue weighted by molar-refractivity contribution is 0.628. The molecule has 30 heavy (non-hydrogen) atoms. The number of aromatic nitrogens is 2. The van der Waals surface area contributed by atoms with Gasteiger partial charge in [0.2, 0.25) is 5.95 Å². The second-order valence-corrected chi connectivity index (χ2v) is 7.01. The first-order chi connectivity index (χ1) is 14.6. The van der Waals surface area contributed by atoms with Crippen molar-refractivity contribution in [3.8, 4) is 22.5 Å². The first-order valence-corrected chi connectivity index (χ1v) is 9.66. The van der Waals surface area contributed by atoms with Crippen LogP contribution >= 0.6 is 0 Å². The summed E-state index contributed by atoms with van der Waals surface area (Å²) in [6.07, 6.45) is 0. The molecule has 5 heteroatoms. The van der Waals surface area contributed by atoms with Crippen molar-refractivity contribution in [1.82, 2.24) is 9.97 Å². The number of anilines is 1. The summed E-state index contributed by atoms with van der Waals surface area (Å²) in [5, 5.41) is 4.46. The quantitative estimate of drug-likeness (QED) is 0.328. The van der Waals surface area contributed by atoms with Gasteiger partial charge < -0.3 is 0 Å². The fraction of sp³-hybridized carbons (Fsp3) is 0.0800. The fourth-order valence-corrected chi connectivity index (χ4v) is 3.02. The van der Waals surface area contributed by atoms with Gasteiger partial charge in [-0.3, -0.25) is 0 Å². The Labute approximate surface area is 175 Å². The summed E-state index contributed by atoms with van der Waals surface area (Å²) < 4.78 is 13.4. The molecule has 0 aliphatic heterocycles. The third-order valence-corrected chi connectivity index (χ3v) is 4.73. The predicted molar refractivity (Wildman–Crippen MR) is 120 cm³/mol. The number of halogens is 1. The van der Waals surface area contributed by atoms with Gasteiger partial charge in [-0.15, -0.1) is 0 Å². The third-order valence-electron chi connectivity index (χ3n) is 4.73. The molecule has 148 valence electrons. The number of nitrogens with zero attached hydrogens (tertiary/aromatic N) is 3. The molecule has 4 aromatic rings. The number of nitrogens with one attached hydrogen (secondary N) is 1. The van der Waals surface area contributed by atoms with Crippen LogP contribution in [0.4, 0.5) is 10.3 Å². The van der Waals surface area contributed by atoms with E-state index in [1.165, 1.54) is 17.7 Å². The summed E-state index contributed by atoms with van der Waals surface area (Å²) in [5.74, 6) is 0.0925. The average Bonchev–Trinajstić information content (AvgIpc) is 2.79. The van der Waals surface area contributed by atoms with Crippen molar-refractivity contribution in [1.29, 1.82) is 0 Å². The van der Waals surface area contributed by atoms with Crippen LogP contribution < -0.4 is 5.43 Å². The molecule has 1 aromatic heterocycles. The van der Waals surface area contributed by atoms with Gasteiger partial charge in [0.1, 0.15) is 5.82 Å². The van der Waals surface area contributed by atoms with Crippen LogP contribution in [0.2, 0.25) is 0 Å². The average molecular weight is 396 g/mol. The molecule has 0 saturated heterocycles. The topological polar surface area (TPSA) is 50.2 Å². The molecule has 4 nitrogen and oxygen atoms in total. The van der Waals surface area contributed by atoms with E-state index in [1.54, 1.807) is 12.1 Å². The molecular weight excluding hydrogens is 375 g/mol. The maximum absolute atomic E-state index is 13.4. The SMILES string of the molecule is CC(=NNc1nc(-c2ccccc2)cc(-c2ccc(F)cc2)n1)c1ccc(C)cc1. The Morgan fingerprint density at radius 2 is 1.40 bits per heavy atom. The molecule has 0 aliphatic rings. The molecule has 0 atom stereocenters. The van der Waals surface area contributed by atoms with Gasteiger partial charge in [-0.2, -0.15) is 5.10 Å². The van der Waals surface area contributed by atoms with Crippen molar-refractivity contribution < 1.29 is 4.39 Å². The van der Waals surface area contributed by atoms with E-state index in [1.807, 2.05) is 67.6 Å². The second-order valence-electron chi connectivity index (χ2n) is 7.01. The van der Waals surface area contributed by atoms with E-state index in [0.717, 1.165) is 28.1 Å². The molecule has 3 aromatic carbocycles. The Bertz CT molecular complexity index is 1170. The third kappa shape index (κ3) is 4.58. The summed E-state index contributed by atoms with van der Waals surface area (Å²) in [7, 11) is 0. The van der Waals surface area contributed by atoms with Crippen molar-refractivity contribution in [3.63, 3.8) is 0 Å². The van der Waals surface area contributed by atoms with E-state index < -0.39 is 0 Å². The van der Waals surface area contributed by atoms with Crippen molar-refractivity contribution in [2.45, 2.75) is 13.8 Å². The predicted octanol–water partition coefficient (Wildman–Crippen LogP) is 6.09. The van der Waals surface area contributed by atoms with E-state index in [4.69, 9.17) is 0 Å². The maximum Gasteiger partial charge on any atom is 0.244 e. The van der Waals surface area contributed by atoms with E-state index in [0.29, 0.717) is 11.6 Å². The normalized spacial score (nSPS) is 11.4. The number of rotatable bonds is 5. The Balaban J connectivity index is 1.71. The summed E-state index contributed by atoms with van der Waals surface area (Å²) in [4.78, 5) is 9.21. The van der Waals surface area contributed by atoms with Crippen molar-refractivity contribution in [3.05, 3.63) is 102 Å². The van der Waals surface area contributed by atoms with E-state index in [2.05, 4.69) is 27.4 Å². The van der Waals surface area contributed by atoms with Crippen LogP contribution in [0, 0.1) is 12.7 Å². The van der Waals surface area contributed by atoms with E-state index in [-0.39, 0.29) is 5.82 Å².